The molecule has 0 N–H and O–H groups in total. The van der Waals surface area contributed by atoms with Crippen LogP contribution in [0.5, 0.6) is 0 Å². The number of hydrogen-bond donors (Lipinski definition) is 0. The lowest BCUT2D eigenvalue weighted by Gasteiger charge is -2.12. The van der Waals surface area contributed by atoms with Crippen LogP contribution in [0.1, 0.15) is 0 Å². The molecule has 0 aliphatic rings. The highest BCUT2D eigenvalue weighted by Gasteiger charge is 2.24. The number of benzene rings is 4. The fourth-order valence-corrected chi connectivity index (χ4v) is 6.50. The minimum atomic E-state index is 0.782. The molecule has 5 heterocycles. The number of pyridine rings is 4. The van der Waals surface area contributed by atoms with E-state index < -0.39 is 0 Å². The van der Waals surface area contributed by atoms with Crippen LogP contribution in [0, 0.1) is 0 Å². The molecule has 0 bridgehead atoms. The third-order valence-corrected chi connectivity index (χ3v) is 8.77. The highest BCUT2D eigenvalue weighted by atomic mass is 16.3. The Morgan fingerprint density at radius 3 is 1.67 bits per heavy atom. The van der Waals surface area contributed by atoms with Crippen molar-refractivity contribution in [2.75, 3.05) is 0 Å². The monoisotopic (exact) mass is 628 g/mol. The molecule has 4 aromatic carbocycles. The lowest BCUT2D eigenvalue weighted by Crippen LogP contribution is -1.94. The van der Waals surface area contributed by atoms with Crippen molar-refractivity contribution in [2.24, 2.45) is 0 Å². The Balaban J connectivity index is 1.30. The number of furan rings is 1. The predicted molar refractivity (Wildman–Crippen MR) is 198 cm³/mol. The van der Waals surface area contributed by atoms with Crippen molar-refractivity contribution in [3.8, 4) is 67.6 Å². The minimum absolute atomic E-state index is 0.782. The van der Waals surface area contributed by atoms with Gasteiger partial charge >= 0.3 is 0 Å². The summed E-state index contributed by atoms with van der Waals surface area (Å²) < 4.78 is 6.90. The van der Waals surface area contributed by atoms with Crippen molar-refractivity contribution >= 4 is 21.9 Å². The summed E-state index contributed by atoms with van der Waals surface area (Å²) in [6.07, 6.45) is 3.58. The van der Waals surface area contributed by atoms with Gasteiger partial charge in [0.1, 0.15) is 11.3 Å². The van der Waals surface area contributed by atoms with Gasteiger partial charge in [-0.25, -0.2) is 9.97 Å². The van der Waals surface area contributed by atoms with Gasteiger partial charge in [0.25, 0.3) is 0 Å². The van der Waals surface area contributed by atoms with E-state index in [0.29, 0.717) is 0 Å². The van der Waals surface area contributed by atoms with Crippen molar-refractivity contribution < 1.29 is 4.42 Å². The summed E-state index contributed by atoms with van der Waals surface area (Å²) in [6, 6.07) is 53.5. The molecule has 0 amide bonds. The molecule has 0 radical (unpaired) electrons. The van der Waals surface area contributed by atoms with Crippen LogP contribution >= 0.6 is 0 Å². The van der Waals surface area contributed by atoms with Gasteiger partial charge in [0.2, 0.25) is 0 Å². The first-order valence-electron chi connectivity index (χ1n) is 16.2. The summed E-state index contributed by atoms with van der Waals surface area (Å²) in [7, 11) is 0. The Bertz CT molecular complexity index is 2530. The zero-order valence-corrected chi connectivity index (χ0v) is 26.4. The Labute approximate surface area is 283 Å². The average Bonchev–Trinajstić information content (AvgIpc) is 3.60. The lowest BCUT2D eigenvalue weighted by molar-refractivity contribution is 0.636. The molecule has 9 rings (SSSR count). The molecular weight excluding hydrogens is 601 g/mol. The van der Waals surface area contributed by atoms with Crippen LogP contribution in [0.15, 0.2) is 175 Å². The van der Waals surface area contributed by atoms with Crippen molar-refractivity contribution in [3.63, 3.8) is 0 Å². The van der Waals surface area contributed by atoms with Crippen molar-refractivity contribution in [1.29, 1.82) is 0 Å². The zero-order valence-electron chi connectivity index (χ0n) is 26.4. The number of rotatable bonds is 6. The van der Waals surface area contributed by atoms with E-state index >= 15 is 0 Å². The second-order valence-corrected chi connectivity index (χ2v) is 11.9. The van der Waals surface area contributed by atoms with Crippen LogP contribution in [0.25, 0.3) is 89.5 Å². The van der Waals surface area contributed by atoms with Crippen LogP contribution in [-0.4, -0.2) is 19.9 Å². The maximum absolute atomic E-state index is 6.90. The lowest BCUT2D eigenvalue weighted by atomic mass is 9.93. The van der Waals surface area contributed by atoms with E-state index in [2.05, 4.69) is 94.9 Å². The summed E-state index contributed by atoms with van der Waals surface area (Å²) >= 11 is 0. The fourth-order valence-electron chi connectivity index (χ4n) is 6.50. The summed E-state index contributed by atoms with van der Waals surface area (Å²) in [6.45, 7) is 0. The normalized spacial score (nSPS) is 11.3. The highest BCUT2D eigenvalue weighted by molar-refractivity contribution is 6.16. The molecule has 0 spiro atoms. The summed E-state index contributed by atoms with van der Waals surface area (Å²) in [5.74, 6) is 0.825. The van der Waals surface area contributed by atoms with E-state index in [1.807, 2.05) is 72.8 Å². The molecule has 9 aromatic rings. The second kappa shape index (κ2) is 12.1. The minimum Gasteiger partial charge on any atom is -0.455 e. The molecule has 5 heteroatoms. The van der Waals surface area contributed by atoms with Crippen molar-refractivity contribution in [1.82, 2.24) is 19.9 Å². The van der Waals surface area contributed by atoms with Gasteiger partial charge in [0.15, 0.2) is 0 Å². The first-order valence-corrected chi connectivity index (χ1v) is 16.2. The second-order valence-electron chi connectivity index (χ2n) is 11.9. The first kappa shape index (κ1) is 28.5. The average molecular weight is 629 g/mol. The maximum Gasteiger partial charge on any atom is 0.147 e. The number of nitrogens with zero attached hydrogens (tertiary/aromatic N) is 4. The van der Waals surface area contributed by atoms with Gasteiger partial charge < -0.3 is 4.42 Å². The summed E-state index contributed by atoms with van der Waals surface area (Å²) in [5.41, 5.74) is 11.9. The van der Waals surface area contributed by atoms with E-state index in [-0.39, 0.29) is 0 Å². The molecule has 230 valence electrons. The maximum atomic E-state index is 6.90. The SMILES string of the molecule is c1ccc(-c2oc3c(c(-c4cccc(-c5cc(-c6ccccn6)nc(-c6ccccn6)c5)c4)nc4ccccc43)c2-c2ccccc2)cc1. The molecule has 0 atom stereocenters. The molecule has 0 aliphatic heterocycles. The molecule has 0 aliphatic carbocycles. The van der Waals surface area contributed by atoms with Crippen molar-refractivity contribution in [2.45, 2.75) is 0 Å². The molecular formula is C44H28N4O. The van der Waals surface area contributed by atoms with E-state index in [9.17, 15) is 0 Å². The van der Waals surface area contributed by atoms with E-state index in [0.717, 1.165) is 89.5 Å². The van der Waals surface area contributed by atoms with Crippen LogP contribution in [0.2, 0.25) is 0 Å². The van der Waals surface area contributed by atoms with Gasteiger partial charge in [-0.05, 0) is 71.3 Å². The molecule has 5 aromatic heterocycles. The van der Waals surface area contributed by atoms with E-state index in [1.165, 1.54) is 0 Å². The Kier molecular flexibility index (Phi) is 7.06. The number of hydrogen-bond acceptors (Lipinski definition) is 5. The number of fused-ring (bicyclic) bond motifs is 3. The summed E-state index contributed by atoms with van der Waals surface area (Å²) in [4.78, 5) is 19.5. The summed E-state index contributed by atoms with van der Waals surface area (Å²) in [5, 5.41) is 1.96. The Hall–Kier alpha value is -6.72. The van der Waals surface area contributed by atoms with Crippen molar-refractivity contribution in [3.05, 3.63) is 170 Å². The quantitative estimate of drug-likeness (QED) is 0.183. The highest BCUT2D eigenvalue weighted by Crippen LogP contribution is 2.47. The zero-order chi connectivity index (χ0) is 32.6. The smallest absolute Gasteiger partial charge is 0.147 e. The topological polar surface area (TPSA) is 64.7 Å². The fraction of sp³-hybridized carbons (Fsp3) is 0. The number of aromatic nitrogens is 4. The molecule has 0 fully saturated rings. The van der Waals surface area contributed by atoms with Crippen LogP contribution < -0.4 is 0 Å². The van der Waals surface area contributed by atoms with Gasteiger partial charge in [-0.1, -0.05) is 103 Å². The standard InChI is InChI=1S/C44H28N4O/c1-3-14-29(15-4-1)40-41-42(48-35-21-8-7-20-34(35)44(41)49-43(40)30-16-5-2-6-17-30)32-19-13-18-31(26-32)33-27-38(36-22-9-11-24-45-36)47-39(28-33)37-23-10-12-25-46-37/h1-28H. The third kappa shape index (κ3) is 5.24. The van der Waals surface area contributed by atoms with E-state index in [4.69, 9.17) is 14.4 Å². The van der Waals surface area contributed by atoms with Gasteiger partial charge in [0, 0.05) is 34.5 Å². The predicted octanol–water partition coefficient (Wildman–Crippen LogP) is 11.2. The van der Waals surface area contributed by atoms with Crippen LogP contribution in [-0.2, 0) is 0 Å². The van der Waals surface area contributed by atoms with Gasteiger partial charge in [-0.3, -0.25) is 9.97 Å². The van der Waals surface area contributed by atoms with E-state index in [1.54, 1.807) is 12.4 Å². The molecule has 0 unspecified atom stereocenters. The van der Waals surface area contributed by atoms with Gasteiger partial charge in [0.05, 0.1) is 39.4 Å². The first-order chi connectivity index (χ1) is 24.3. The van der Waals surface area contributed by atoms with Crippen LogP contribution in [0.4, 0.5) is 0 Å². The van der Waals surface area contributed by atoms with Gasteiger partial charge in [-0.15, -0.1) is 0 Å². The Morgan fingerprint density at radius 2 is 1.00 bits per heavy atom. The molecule has 5 nitrogen and oxygen atoms in total. The molecule has 49 heavy (non-hydrogen) atoms. The largest absolute Gasteiger partial charge is 0.455 e. The molecule has 0 saturated heterocycles. The number of para-hydroxylation sites is 1. The third-order valence-electron chi connectivity index (χ3n) is 8.77. The van der Waals surface area contributed by atoms with Gasteiger partial charge in [-0.2, -0.15) is 0 Å². The Morgan fingerprint density at radius 1 is 0.408 bits per heavy atom. The molecule has 0 saturated carbocycles. The van der Waals surface area contributed by atoms with Crippen LogP contribution in [0.3, 0.4) is 0 Å².